The van der Waals surface area contributed by atoms with Crippen LogP contribution in [0.2, 0.25) is 0 Å². The minimum Gasteiger partial charge on any atom is -0.469 e. The molecule has 1 heterocycles. The second kappa shape index (κ2) is 8.17. The fraction of sp³-hybridized carbons (Fsp3) is 0.750. The average Bonchev–Trinajstić information content (AvgIpc) is 3.12. The van der Waals surface area contributed by atoms with Crippen molar-refractivity contribution in [1.82, 2.24) is 5.16 Å². The third kappa shape index (κ3) is 4.56. The predicted molar refractivity (Wildman–Crippen MR) is 77.7 cm³/mol. The number of carbonyl (C=O) groups is 1. The Labute approximate surface area is 125 Å². The van der Waals surface area contributed by atoms with E-state index in [9.17, 15) is 9.90 Å². The zero-order chi connectivity index (χ0) is 15.1. The summed E-state index contributed by atoms with van der Waals surface area (Å²) in [6.45, 7) is 0. The minimum absolute atomic E-state index is 0.132. The first-order valence-corrected chi connectivity index (χ1v) is 7.87. The molecule has 1 N–H and O–H groups in total. The molecule has 0 spiro atoms. The molecule has 21 heavy (non-hydrogen) atoms. The van der Waals surface area contributed by atoms with Crippen molar-refractivity contribution < 1.29 is 19.2 Å². The lowest BCUT2D eigenvalue weighted by Crippen LogP contribution is -2.18. The van der Waals surface area contributed by atoms with E-state index in [0.29, 0.717) is 12.3 Å². The van der Waals surface area contributed by atoms with Crippen LogP contribution in [0, 0.1) is 5.92 Å². The fourth-order valence-electron chi connectivity index (χ4n) is 3.33. The smallest absolute Gasteiger partial charge is 0.305 e. The van der Waals surface area contributed by atoms with Crippen LogP contribution in [0.25, 0.3) is 0 Å². The summed E-state index contributed by atoms with van der Waals surface area (Å²) in [6, 6.07) is 1.91. The van der Waals surface area contributed by atoms with Crippen LogP contribution in [-0.4, -0.2) is 29.4 Å². The maximum atomic E-state index is 11.0. The SMILES string of the molecule is COC(=O)CCCCCC[C@@H]1[C@@H](c2ccon2)CC[C@@H]1O. The van der Waals surface area contributed by atoms with Gasteiger partial charge in [-0.15, -0.1) is 0 Å². The number of aromatic nitrogens is 1. The molecule has 1 aliphatic rings. The molecule has 0 amide bonds. The van der Waals surface area contributed by atoms with E-state index in [1.807, 2.05) is 6.07 Å². The van der Waals surface area contributed by atoms with Crippen LogP contribution in [0.3, 0.4) is 0 Å². The van der Waals surface area contributed by atoms with Gasteiger partial charge in [0.05, 0.1) is 18.9 Å². The monoisotopic (exact) mass is 295 g/mol. The number of hydrogen-bond donors (Lipinski definition) is 1. The third-order valence-electron chi connectivity index (χ3n) is 4.52. The second-order valence-electron chi connectivity index (χ2n) is 5.87. The summed E-state index contributed by atoms with van der Waals surface area (Å²) in [5, 5.41) is 14.2. The highest BCUT2D eigenvalue weighted by molar-refractivity contribution is 5.68. The first kappa shape index (κ1) is 16.0. The number of aliphatic hydroxyl groups excluding tert-OH is 1. The molecule has 1 fully saturated rings. The molecule has 0 aliphatic heterocycles. The highest BCUT2D eigenvalue weighted by atomic mass is 16.5. The Balaban J connectivity index is 1.68. The zero-order valence-corrected chi connectivity index (χ0v) is 12.7. The summed E-state index contributed by atoms with van der Waals surface area (Å²) in [6.07, 6.45) is 8.82. The molecule has 3 atom stereocenters. The number of rotatable bonds is 8. The molecule has 1 saturated carbocycles. The molecule has 5 heteroatoms. The van der Waals surface area contributed by atoms with E-state index < -0.39 is 0 Å². The van der Waals surface area contributed by atoms with Crippen LogP contribution >= 0.6 is 0 Å². The van der Waals surface area contributed by atoms with Gasteiger partial charge in [0.25, 0.3) is 0 Å². The maximum absolute atomic E-state index is 11.0. The van der Waals surface area contributed by atoms with Gasteiger partial charge in [-0.2, -0.15) is 0 Å². The number of methoxy groups -OCH3 is 1. The Hall–Kier alpha value is -1.36. The number of ether oxygens (including phenoxy) is 1. The molecule has 1 aliphatic carbocycles. The van der Waals surface area contributed by atoms with Crippen LogP contribution in [0.1, 0.15) is 63.0 Å². The lowest BCUT2D eigenvalue weighted by molar-refractivity contribution is -0.140. The number of hydrogen-bond acceptors (Lipinski definition) is 5. The van der Waals surface area contributed by atoms with Crippen molar-refractivity contribution in [3.63, 3.8) is 0 Å². The van der Waals surface area contributed by atoms with Crippen LogP contribution in [0.4, 0.5) is 0 Å². The molecule has 118 valence electrons. The van der Waals surface area contributed by atoms with Crippen molar-refractivity contribution in [2.24, 2.45) is 5.92 Å². The maximum Gasteiger partial charge on any atom is 0.305 e. The average molecular weight is 295 g/mol. The fourth-order valence-corrected chi connectivity index (χ4v) is 3.33. The molecular formula is C16H25NO4. The van der Waals surface area contributed by atoms with Gasteiger partial charge in [0, 0.05) is 18.4 Å². The normalized spacial score (nSPS) is 25.1. The first-order chi connectivity index (χ1) is 10.2. The van der Waals surface area contributed by atoms with Crippen LogP contribution in [0.5, 0.6) is 0 Å². The summed E-state index contributed by atoms with van der Waals surface area (Å²) in [7, 11) is 1.42. The van der Waals surface area contributed by atoms with Gasteiger partial charge in [-0.3, -0.25) is 4.79 Å². The standard InChI is InChI=1S/C16H25NO4/c1-20-16(19)7-5-3-2-4-6-13-12(8-9-15(13)18)14-10-11-21-17-14/h10-13,15,18H,2-9H2,1H3/t12-,13+,15-/m0/s1. The Morgan fingerprint density at radius 3 is 2.90 bits per heavy atom. The molecule has 1 aromatic heterocycles. The number of aliphatic hydroxyl groups is 1. The second-order valence-corrected chi connectivity index (χ2v) is 5.87. The highest BCUT2D eigenvalue weighted by Crippen LogP contribution is 2.41. The van der Waals surface area contributed by atoms with Crippen LogP contribution in [-0.2, 0) is 9.53 Å². The van der Waals surface area contributed by atoms with Crippen molar-refractivity contribution in [1.29, 1.82) is 0 Å². The molecule has 0 unspecified atom stereocenters. The van der Waals surface area contributed by atoms with Gasteiger partial charge in [0.1, 0.15) is 6.26 Å². The first-order valence-electron chi connectivity index (χ1n) is 7.87. The summed E-state index contributed by atoms with van der Waals surface area (Å²) >= 11 is 0. The Bertz CT molecular complexity index is 418. The Morgan fingerprint density at radius 1 is 1.38 bits per heavy atom. The van der Waals surface area contributed by atoms with Gasteiger partial charge in [0.2, 0.25) is 0 Å². The molecular weight excluding hydrogens is 270 g/mol. The molecule has 1 aromatic rings. The summed E-state index contributed by atoms with van der Waals surface area (Å²) in [4.78, 5) is 11.0. The van der Waals surface area contributed by atoms with Gasteiger partial charge in [-0.05, 0) is 31.6 Å². The van der Waals surface area contributed by atoms with Gasteiger partial charge >= 0.3 is 5.97 Å². The van der Waals surface area contributed by atoms with E-state index in [-0.39, 0.29) is 18.0 Å². The van der Waals surface area contributed by atoms with E-state index in [4.69, 9.17) is 4.52 Å². The quantitative estimate of drug-likeness (QED) is 0.589. The Kier molecular flexibility index (Phi) is 6.23. The minimum atomic E-state index is -0.221. The summed E-state index contributed by atoms with van der Waals surface area (Å²) in [5.41, 5.74) is 0.974. The lowest BCUT2D eigenvalue weighted by atomic mass is 9.87. The van der Waals surface area contributed by atoms with Crippen molar-refractivity contribution in [3.8, 4) is 0 Å². The van der Waals surface area contributed by atoms with E-state index in [1.165, 1.54) is 7.11 Å². The van der Waals surface area contributed by atoms with Gasteiger partial charge < -0.3 is 14.4 Å². The molecule has 0 aromatic carbocycles. The van der Waals surface area contributed by atoms with Gasteiger partial charge in [-0.25, -0.2) is 0 Å². The third-order valence-corrected chi connectivity index (χ3v) is 4.52. The zero-order valence-electron chi connectivity index (χ0n) is 12.7. The van der Waals surface area contributed by atoms with E-state index >= 15 is 0 Å². The van der Waals surface area contributed by atoms with E-state index in [0.717, 1.165) is 50.6 Å². The molecule has 2 rings (SSSR count). The molecule has 5 nitrogen and oxygen atoms in total. The van der Waals surface area contributed by atoms with Gasteiger partial charge in [-0.1, -0.05) is 24.4 Å². The predicted octanol–water partition coefficient (Wildman–Crippen LogP) is 3.04. The number of nitrogens with zero attached hydrogens (tertiary/aromatic N) is 1. The number of carbonyl (C=O) groups excluding carboxylic acids is 1. The largest absolute Gasteiger partial charge is 0.469 e. The summed E-state index contributed by atoms with van der Waals surface area (Å²) < 4.78 is 9.55. The molecule has 0 bridgehead atoms. The summed E-state index contributed by atoms with van der Waals surface area (Å²) in [5.74, 6) is 0.483. The lowest BCUT2D eigenvalue weighted by Gasteiger charge is -2.20. The van der Waals surface area contributed by atoms with E-state index in [1.54, 1.807) is 6.26 Å². The van der Waals surface area contributed by atoms with Crippen molar-refractivity contribution in [3.05, 3.63) is 18.0 Å². The van der Waals surface area contributed by atoms with Gasteiger partial charge in [0.15, 0.2) is 0 Å². The van der Waals surface area contributed by atoms with Crippen LogP contribution < -0.4 is 0 Å². The van der Waals surface area contributed by atoms with Crippen LogP contribution in [0.15, 0.2) is 16.9 Å². The highest BCUT2D eigenvalue weighted by Gasteiger charge is 2.36. The van der Waals surface area contributed by atoms with E-state index in [2.05, 4.69) is 9.89 Å². The van der Waals surface area contributed by atoms with Crippen molar-refractivity contribution >= 4 is 5.97 Å². The van der Waals surface area contributed by atoms with Crippen molar-refractivity contribution in [2.75, 3.05) is 7.11 Å². The molecule has 0 saturated heterocycles. The number of esters is 1. The Morgan fingerprint density at radius 2 is 2.19 bits per heavy atom. The van der Waals surface area contributed by atoms with Crippen molar-refractivity contribution in [2.45, 2.75) is 63.4 Å². The number of unbranched alkanes of at least 4 members (excludes halogenated alkanes) is 3. The topological polar surface area (TPSA) is 72.6 Å². The molecule has 0 radical (unpaired) electrons.